The van der Waals surface area contributed by atoms with Gasteiger partial charge in [-0.2, -0.15) is 0 Å². The first-order valence-electron chi connectivity index (χ1n) is 3.49. The Morgan fingerprint density at radius 2 is 2.08 bits per heavy atom. The van der Waals surface area contributed by atoms with E-state index in [0.717, 1.165) is 9.32 Å². The fourth-order valence-electron chi connectivity index (χ4n) is 0.884. The predicted octanol–water partition coefficient (Wildman–Crippen LogP) is 2.50. The molecular weight excluding hydrogens is 267 g/mol. The van der Waals surface area contributed by atoms with Gasteiger partial charge in [0, 0.05) is 9.13 Å². The Kier molecular flexibility index (Phi) is 3.08. The standard InChI is InChI=1S/C9H9IO2/c1-6(11)7-3-8(10)5-9(4-7)12-2/h3-5H,1-2H3. The Bertz CT molecular complexity index is 307. The zero-order valence-corrected chi connectivity index (χ0v) is 9.08. The Morgan fingerprint density at radius 1 is 1.42 bits per heavy atom. The van der Waals surface area contributed by atoms with Crippen molar-refractivity contribution in [3.05, 3.63) is 27.3 Å². The summed E-state index contributed by atoms with van der Waals surface area (Å²) in [6.45, 7) is 1.55. The average Bonchev–Trinajstić information content (AvgIpc) is 2.03. The molecule has 0 heterocycles. The molecule has 0 aliphatic carbocycles. The van der Waals surface area contributed by atoms with Crippen LogP contribution >= 0.6 is 22.6 Å². The van der Waals surface area contributed by atoms with Crippen LogP contribution in [0.25, 0.3) is 0 Å². The van der Waals surface area contributed by atoms with Gasteiger partial charge in [0.25, 0.3) is 0 Å². The molecule has 0 saturated carbocycles. The molecule has 0 radical (unpaired) electrons. The van der Waals surface area contributed by atoms with Gasteiger partial charge in [0.15, 0.2) is 5.78 Å². The number of Topliss-reactive ketones (excluding diaryl/α,β-unsaturated/α-hetero) is 1. The Balaban J connectivity index is 3.15. The van der Waals surface area contributed by atoms with Gasteiger partial charge in [-0.15, -0.1) is 0 Å². The normalized spacial score (nSPS) is 9.58. The van der Waals surface area contributed by atoms with E-state index in [1.807, 2.05) is 12.1 Å². The van der Waals surface area contributed by atoms with E-state index >= 15 is 0 Å². The third-order valence-electron chi connectivity index (χ3n) is 1.51. The lowest BCUT2D eigenvalue weighted by Crippen LogP contribution is -1.94. The van der Waals surface area contributed by atoms with Gasteiger partial charge in [-0.1, -0.05) is 0 Å². The summed E-state index contributed by atoms with van der Waals surface area (Å²) in [5.74, 6) is 0.791. The van der Waals surface area contributed by atoms with Gasteiger partial charge in [0.05, 0.1) is 7.11 Å². The van der Waals surface area contributed by atoms with Crippen molar-refractivity contribution >= 4 is 28.4 Å². The number of ketones is 1. The van der Waals surface area contributed by atoms with Gasteiger partial charge >= 0.3 is 0 Å². The molecule has 0 N–H and O–H groups in total. The van der Waals surface area contributed by atoms with Gasteiger partial charge in [-0.3, -0.25) is 4.79 Å². The number of ether oxygens (including phenoxy) is 1. The lowest BCUT2D eigenvalue weighted by Gasteiger charge is -2.02. The van der Waals surface area contributed by atoms with Crippen LogP contribution in [0.3, 0.4) is 0 Å². The Hall–Kier alpha value is -0.580. The summed E-state index contributed by atoms with van der Waals surface area (Å²) in [5, 5.41) is 0. The SMILES string of the molecule is COc1cc(I)cc(C(C)=O)c1. The van der Waals surface area contributed by atoms with Crippen molar-refractivity contribution in [3.8, 4) is 5.75 Å². The molecule has 3 heteroatoms. The molecule has 0 spiro atoms. The topological polar surface area (TPSA) is 26.3 Å². The minimum Gasteiger partial charge on any atom is -0.497 e. The summed E-state index contributed by atoms with van der Waals surface area (Å²) >= 11 is 2.16. The quantitative estimate of drug-likeness (QED) is 0.612. The predicted molar refractivity (Wildman–Crippen MR) is 55.7 cm³/mol. The number of methoxy groups -OCH3 is 1. The highest BCUT2D eigenvalue weighted by Gasteiger charge is 2.02. The van der Waals surface area contributed by atoms with Crippen molar-refractivity contribution in [1.82, 2.24) is 0 Å². The molecule has 0 saturated heterocycles. The fourth-order valence-corrected chi connectivity index (χ4v) is 1.53. The Labute approximate surface area is 85.1 Å². The molecule has 0 aliphatic rings. The molecule has 1 aromatic carbocycles. The van der Waals surface area contributed by atoms with Crippen molar-refractivity contribution in [2.75, 3.05) is 7.11 Å². The second kappa shape index (κ2) is 3.89. The maximum absolute atomic E-state index is 11.0. The average molecular weight is 276 g/mol. The van der Waals surface area contributed by atoms with Gasteiger partial charge < -0.3 is 4.74 Å². The van der Waals surface area contributed by atoms with E-state index in [0.29, 0.717) is 5.56 Å². The number of rotatable bonds is 2. The zero-order valence-electron chi connectivity index (χ0n) is 6.93. The van der Waals surface area contributed by atoms with E-state index < -0.39 is 0 Å². The molecule has 1 aromatic rings. The highest BCUT2D eigenvalue weighted by atomic mass is 127. The molecule has 0 aromatic heterocycles. The van der Waals surface area contributed by atoms with Crippen LogP contribution in [0.15, 0.2) is 18.2 Å². The van der Waals surface area contributed by atoms with Crippen molar-refractivity contribution < 1.29 is 9.53 Å². The van der Waals surface area contributed by atoms with E-state index in [1.165, 1.54) is 0 Å². The van der Waals surface area contributed by atoms with E-state index in [1.54, 1.807) is 20.1 Å². The van der Waals surface area contributed by atoms with Crippen LogP contribution in [-0.4, -0.2) is 12.9 Å². The largest absolute Gasteiger partial charge is 0.497 e. The number of hydrogen-bond acceptors (Lipinski definition) is 2. The van der Waals surface area contributed by atoms with E-state index in [-0.39, 0.29) is 5.78 Å². The van der Waals surface area contributed by atoms with Crippen LogP contribution in [0, 0.1) is 3.57 Å². The van der Waals surface area contributed by atoms with Crippen molar-refractivity contribution in [2.24, 2.45) is 0 Å². The molecule has 2 nitrogen and oxygen atoms in total. The molecule has 0 atom stereocenters. The minimum atomic E-state index is 0.0619. The van der Waals surface area contributed by atoms with Crippen LogP contribution in [0.2, 0.25) is 0 Å². The number of halogens is 1. The number of hydrogen-bond donors (Lipinski definition) is 0. The molecule has 0 aliphatic heterocycles. The molecule has 0 amide bonds. The smallest absolute Gasteiger partial charge is 0.159 e. The summed E-state index contributed by atoms with van der Waals surface area (Å²) in [6, 6.07) is 5.46. The summed E-state index contributed by atoms with van der Waals surface area (Å²) in [4.78, 5) is 11.0. The van der Waals surface area contributed by atoms with Gasteiger partial charge in [0.1, 0.15) is 5.75 Å². The van der Waals surface area contributed by atoms with Crippen LogP contribution in [0.1, 0.15) is 17.3 Å². The zero-order chi connectivity index (χ0) is 9.14. The first-order valence-corrected chi connectivity index (χ1v) is 4.57. The maximum atomic E-state index is 11.0. The van der Waals surface area contributed by atoms with Crippen LogP contribution < -0.4 is 4.74 Å². The summed E-state index contributed by atoms with van der Waals surface area (Å²) in [5.41, 5.74) is 0.693. The van der Waals surface area contributed by atoms with Crippen molar-refractivity contribution in [2.45, 2.75) is 6.92 Å². The third-order valence-corrected chi connectivity index (χ3v) is 2.14. The number of carbonyl (C=O) groups excluding carboxylic acids is 1. The molecule has 64 valence electrons. The monoisotopic (exact) mass is 276 g/mol. The molecule has 12 heavy (non-hydrogen) atoms. The lowest BCUT2D eigenvalue weighted by molar-refractivity contribution is 0.101. The van der Waals surface area contributed by atoms with Crippen LogP contribution in [-0.2, 0) is 0 Å². The van der Waals surface area contributed by atoms with Crippen molar-refractivity contribution in [1.29, 1.82) is 0 Å². The highest BCUT2D eigenvalue weighted by molar-refractivity contribution is 14.1. The summed E-state index contributed by atoms with van der Waals surface area (Å²) in [6.07, 6.45) is 0. The highest BCUT2D eigenvalue weighted by Crippen LogP contribution is 2.18. The second-order valence-corrected chi connectivity index (χ2v) is 3.68. The van der Waals surface area contributed by atoms with E-state index in [2.05, 4.69) is 22.6 Å². The van der Waals surface area contributed by atoms with Gasteiger partial charge in [-0.25, -0.2) is 0 Å². The molecule has 1 rings (SSSR count). The lowest BCUT2D eigenvalue weighted by atomic mass is 10.1. The first kappa shape index (κ1) is 9.51. The van der Waals surface area contributed by atoms with Crippen molar-refractivity contribution in [3.63, 3.8) is 0 Å². The van der Waals surface area contributed by atoms with E-state index in [9.17, 15) is 4.79 Å². The second-order valence-electron chi connectivity index (χ2n) is 2.44. The fraction of sp³-hybridized carbons (Fsp3) is 0.222. The minimum absolute atomic E-state index is 0.0619. The molecule has 0 unspecified atom stereocenters. The summed E-state index contributed by atoms with van der Waals surface area (Å²) < 4.78 is 6.04. The van der Waals surface area contributed by atoms with Crippen LogP contribution in [0.5, 0.6) is 5.75 Å². The number of carbonyl (C=O) groups is 1. The Morgan fingerprint density at radius 3 is 2.58 bits per heavy atom. The third kappa shape index (κ3) is 2.20. The molecule has 0 fully saturated rings. The molecule has 0 bridgehead atoms. The van der Waals surface area contributed by atoms with Gasteiger partial charge in [-0.05, 0) is 47.7 Å². The van der Waals surface area contributed by atoms with Crippen LogP contribution in [0.4, 0.5) is 0 Å². The molecular formula is C9H9IO2. The first-order chi connectivity index (χ1) is 5.63. The van der Waals surface area contributed by atoms with Gasteiger partial charge in [0.2, 0.25) is 0 Å². The number of benzene rings is 1. The maximum Gasteiger partial charge on any atom is 0.159 e. The summed E-state index contributed by atoms with van der Waals surface area (Å²) in [7, 11) is 1.59. The van der Waals surface area contributed by atoms with E-state index in [4.69, 9.17) is 4.74 Å².